The number of ether oxygens (including phenoxy) is 2. The first-order valence-electron chi connectivity index (χ1n) is 12.0. The molecule has 4 heteroatoms. The number of allylic oxidation sites excluding steroid dienone is 1. The topological polar surface area (TPSA) is 55.8 Å². The Labute approximate surface area is 195 Å². The van der Waals surface area contributed by atoms with Crippen molar-refractivity contribution in [2.75, 3.05) is 6.61 Å². The van der Waals surface area contributed by atoms with Crippen molar-refractivity contribution in [2.24, 2.45) is 0 Å². The second-order valence-corrected chi connectivity index (χ2v) is 8.70. The molecule has 0 aliphatic heterocycles. The first-order chi connectivity index (χ1) is 16.1. The van der Waals surface area contributed by atoms with Crippen LogP contribution < -0.4 is 9.47 Å². The molecule has 0 unspecified atom stereocenters. The standard InChI is InChI=1S/C29H32O4/c1-2-3-4-5-6-18-32-27-17-14-23-19-25(11-10-24(23)20-27)28(21-8-7-9-21)33-26-15-12-22(13-16-26)29(30)31/h10-17,19-20H,2-9,18H2,1H3,(H,30,31). The third kappa shape index (κ3) is 5.95. The van der Waals surface area contributed by atoms with E-state index in [4.69, 9.17) is 14.6 Å². The second-order valence-electron chi connectivity index (χ2n) is 8.70. The highest BCUT2D eigenvalue weighted by Crippen LogP contribution is 2.36. The van der Waals surface area contributed by atoms with Crippen molar-refractivity contribution in [3.63, 3.8) is 0 Å². The highest BCUT2D eigenvalue weighted by Gasteiger charge is 2.19. The van der Waals surface area contributed by atoms with Crippen LogP contribution in [0, 0.1) is 0 Å². The van der Waals surface area contributed by atoms with Crippen molar-refractivity contribution >= 4 is 22.5 Å². The maximum atomic E-state index is 11.1. The number of hydrogen-bond donors (Lipinski definition) is 1. The van der Waals surface area contributed by atoms with E-state index in [-0.39, 0.29) is 5.56 Å². The molecule has 1 saturated carbocycles. The Balaban J connectivity index is 1.48. The van der Waals surface area contributed by atoms with E-state index in [0.717, 1.165) is 53.7 Å². The van der Waals surface area contributed by atoms with E-state index >= 15 is 0 Å². The predicted molar refractivity (Wildman–Crippen MR) is 133 cm³/mol. The van der Waals surface area contributed by atoms with Gasteiger partial charge in [0.15, 0.2) is 0 Å². The van der Waals surface area contributed by atoms with Gasteiger partial charge in [0.05, 0.1) is 12.2 Å². The van der Waals surface area contributed by atoms with E-state index in [0.29, 0.717) is 5.75 Å². The lowest BCUT2D eigenvalue weighted by molar-refractivity contribution is 0.0697. The van der Waals surface area contributed by atoms with Crippen molar-refractivity contribution in [1.29, 1.82) is 0 Å². The van der Waals surface area contributed by atoms with Crippen molar-refractivity contribution in [1.82, 2.24) is 0 Å². The first kappa shape index (κ1) is 22.9. The average molecular weight is 445 g/mol. The van der Waals surface area contributed by atoms with E-state index < -0.39 is 5.97 Å². The van der Waals surface area contributed by atoms with E-state index in [1.165, 1.54) is 37.7 Å². The second kappa shape index (κ2) is 11.0. The number of hydrogen-bond acceptors (Lipinski definition) is 3. The van der Waals surface area contributed by atoms with Gasteiger partial charge in [0.25, 0.3) is 0 Å². The monoisotopic (exact) mass is 444 g/mol. The number of carbonyl (C=O) groups is 1. The molecule has 0 saturated heterocycles. The van der Waals surface area contributed by atoms with Gasteiger partial charge < -0.3 is 14.6 Å². The van der Waals surface area contributed by atoms with Crippen LogP contribution in [0.25, 0.3) is 16.5 Å². The molecular weight excluding hydrogens is 412 g/mol. The van der Waals surface area contributed by atoms with Crippen LogP contribution in [-0.4, -0.2) is 17.7 Å². The Morgan fingerprint density at radius 2 is 1.48 bits per heavy atom. The highest BCUT2D eigenvalue weighted by molar-refractivity contribution is 5.88. The highest BCUT2D eigenvalue weighted by atomic mass is 16.5. The molecule has 33 heavy (non-hydrogen) atoms. The van der Waals surface area contributed by atoms with E-state index in [1.807, 2.05) is 6.07 Å². The van der Waals surface area contributed by atoms with Crippen LogP contribution in [0.1, 0.15) is 74.2 Å². The minimum atomic E-state index is -0.937. The van der Waals surface area contributed by atoms with Crippen molar-refractivity contribution in [3.8, 4) is 11.5 Å². The van der Waals surface area contributed by atoms with Crippen molar-refractivity contribution in [3.05, 3.63) is 77.4 Å². The third-order valence-corrected chi connectivity index (χ3v) is 6.19. The maximum absolute atomic E-state index is 11.1. The largest absolute Gasteiger partial charge is 0.494 e. The van der Waals surface area contributed by atoms with Gasteiger partial charge in [0.2, 0.25) is 0 Å². The Bertz CT molecular complexity index is 1120. The van der Waals surface area contributed by atoms with Crippen LogP contribution in [0.5, 0.6) is 11.5 Å². The Morgan fingerprint density at radius 3 is 2.18 bits per heavy atom. The molecule has 0 atom stereocenters. The number of fused-ring (bicyclic) bond motifs is 1. The molecule has 0 heterocycles. The van der Waals surface area contributed by atoms with Crippen LogP contribution in [-0.2, 0) is 0 Å². The molecule has 4 nitrogen and oxygen atoms in total. The fourth-order valence-electron chi connectivity index (χ4n) is 4.05. The fourth-order valence-corrected chi connectivity index (χ4v) is 4.05. The van der Waals surface area contributed by atoms with Crippen LogP contribution in [0.2, 0.25) is 0 Å². The summed E-state index contributed by atoms with van der Waals surface area (Å²) in [5, 5.41) is 11.4. The van der Waals surface area contributed by atoms with Gasteiger partial charge in [0, 0.05) is 5.56 Å². The lowest BCUT2D eigenvalue weighted by atomic mass is 9.89. The lowest BCUT2D eigenvalue weighted by Gasteiger charge is -2.23. The average Bonchev–Trinajstić information content (AvgIpc) is 2.79. The van der Waals surface area contributed by atoms with Gasteiger partial charge in [-0.3, -0.25) is 0 Å². The molecule has 1 fully saturated rings. The lowest BCUT2D eigenvalue weighted by Crippen LogP contribution is -2.07. The normalized spacial score (nSPS) is 12.9. The summed E-state index contributed by atoms with van der Waals surface area (Å²) in [5.74, 6) is 1.52. The Kier molecular flexibility index (Phi) is 7.66. The summed E-state index contributed by atoms with van der Waals surface area (Å²) in [6.07, 6.45) is 9.40. The summed E-state index contributed by atoms with van der Waals surface area (Å²) < 4.78 is 12.2. The summed E-state index contributed by atoms with van der Waals surface area (Å²) in [4.78, 5) is 11.1. The first-order valence-corrected chi connectivity index (χ1v) is 12.0. The van der Waals surface area contributed by atoms with E-state index in [2.05, 4.69) is 37.3 Å². The van der Waals surface area contributed by atoms with Crippen LogP contribution in [0.3, 0.4) is 0 Å². The molecule has 3 aromatic carbocycles. The number of rotatable bonds is 11. The number of aromatic carboxylic acids is 1. The number of carboxylic acids is 1. The minimum absolute atomic E-state index is 0.255. The van der Waals surface area contributed by atoms with Gasteiger partial charge in [-0.15, -0.1) is 0 Å². The summed E-state index contributed by atoms with van der Waals surface area (Å²) in [6, 6.07) is 19.2. The SMILES string of the molecule is CCCCCCCOc1ccc2cc(C(Oc3ccc(C(=O)O)cc3)=C3CCC3)ccc2c1. The van der Waals surface area contributed by atoms with Gasteiger partial charge in [0.1, 0.15) is 17.3 Å². The molecule has 1 N–H and O–H groups in total. The van der Waals surface area contributed by atoms with Crippen LogP contribution in [0.4, 0.5) is 0 Å². The quantitative estimate of drug-likeness (QED) is 0.241. The molecule has 0 spiro atoms. The number of unbranched alkanes of at least 4 members (excludes halogenated alkanes) is 4. The zero-order valence-electron chi connectivity index (χ0n) is 19.3. The summed E-state index contributed by atoms with van der Waals surface area (Å²) >= 11 is 0. The van der Waals surface area contributed by atoms with E-state index in [9.17, 15) is 4.79 Å². The van der Waals surface area contributed by atoms with Crippen LogP contribution in [0.15, 0.2) is 66.2 Å². The minimum Gasteiger partial charge on any atom is -0.494 e. The third-order valence-electron chi connectivity index (χ3n) is 6.19. The zero-order chi connectivity index (χ0) is 23.0. The molecule has 172 valence electrons. The molecule has 4 rings (SSSR count). The van der Waals surface area contributed by atoms with Crippen LogP contribution >= 0.6 is 0 Å². The van der Waals surface area contributed by atoms with Gasteiger partial charge in [-0.1, -0.05) is 50.8 Å². The summed E-state index contributed by atoms with van der Waals surface area (Å²) in [6.45, 7) is 2.99. The molecule has 1 aliphatic rings. The fraction of sp³-hybridized carbons (Fsp3) is 0.345. The van der Waals surface area contributed by atoms with Crippen molar-refractivity contribution < 1.29 is 19.4 Å². The van der Waals surface area contributed by atoms with E-state index in [1.54, 1.807) is 24.3 Å². The molecule has 1 aliphatic carbocycles. The van der Waals surface area contributed by atoms with Gasteiger partial charge in [-0.25, -0.2) is 4.79 Å². The zero-order valence-corrected chi connectivity index (χ0v) is 19.3. The van der Waals surface area contributed by atoms with Gasteiger partial charge in [-0.05, 0) is 84.5 Å². The number of benzene rings is 3. The Morgan fingerprint density at radius 1 is 0.818 bits per heavy atom. The maximum Gasteiger partial charge on any atom is 0.335 e. The molecule has 0 bridgehead atoms. The summed E-state index contributed by atoms with van der Waals surface area (Å²) in [7, 11) is 0. The summed E-state index contributed by atoms with van der Waals surface area (Å²) in [5.41, 5.74) is 2.61. The van der Waals surface area contributed by atoms with Gasteiger partial charge in [-0.2, -0.15) is 0 Å². The smallest absolute Gasteiger partial charge is 0.335 e. The molecule has 3 aromatic rings. The Hall–Kier alpha value is -3.27. The molecule has 0 aromatic heterocycles. The number of carboxylic acid groups (broad SMARTS) is 1. The molecule has 0 amide bonds. The molecule has 0 radical (unpaired) electrons. The predicted octanol–water partition coefficient (Wildman–Crippen LogP) is 7.86. The van der Waals surface area contributed by atoms with Gasteiger partial charge >= 0.3 is 5.97 Å². The molecular formula is C29H32O4. The van der Waals surface area contributed by atoms with Crippen molar-refractivity contribution in [2.45, 2.75) is 58.3 Å².